The maximum atomic E-state index is 11.9. The van der Waals surface area contributed by atoms with E-state index in [9.17, 15) is 4.79 Å². The van der Waals surface area contributed by atoms with Crippen molar-refractivity contribution in [3.8, 4) is 11.5 Å². The molecule has 7 heteroatoms. The summed E-state index contributed by atoms with van der Waals surface area (Å²) in [5, 5.41) is 11.8. The first-order chi connectivity index (χ1) is 11.5. The van der Waals surface area contributed by atoms with Crippen molar-refractivity contribution in [1.82, 2.24) is 10.2 Å². The first-order valence-electron chi connectivity index (χ1n) is 8.27. The van der Waals surface area contributed by atoms with E-state index in [-0.39, 0.29) is 31.5 Å². The molecule has 24 heavy (non-hydrogen) atoms. The molecule has 0 saturated heterocycles. The predicted molar refractivity (Wildman–Crippen MR) is 90.8 cm³/mol. The standard InChI is InChI=1S/C17H27N3O4/c1-4-20(12(3)19-17(22)14(18)9-21)11(2)7-13-5-6-15-16(8-13)24-10-23-15/h5-6,8,11-12,14,21H,4,7,9-10,18H2,1-3H3,(H,19,22). The summed E-state index contributed by atoms with van der Waals surface area (Å²) in [6.07, 6.45) is 0.639. The third-order valence-corrected chi connectivity index (χ3v) is 4.28. The van der Waals surface area contributed by atoms with Crippen LogP contribution in [0.4, 0.5) is 0 Å². The van der Waals surface area contributed by atoms with Gasteiger partial charge in [-0.2, -0.15) is 0 Å². The van der Waals surface area contributed by atoms with Crippen LogP contribution in [0.25, 0.3) is 0 Å². The van der Waals surface area contributed by atoms with Crippen LogP contribution in [-0.2, 0) is 11.2 Å². The van der Waals surface area contributed by atoms with Crippen molar-refractivity contribution in [2.75, 3.05) is 19.9 Å². The zero-order valence-electron chi connectivity index (χ0n) is 14.5. The Morgan fingerprint density at radius 3 is 2.75 bits per heavy atom. The van der Waals surface area contributed by atoms with E-state index in [1.807, 2.05) is 32.0 Å². The zero-order chi connectivity index (χ0) is 17.7. The van der Waals surface area contributed by atoms with Crippen LogP contribution in [0, 0.1) is 0 Å². The van der Waals surface area contributed by atoms with Crippen LogP contribution in [0.3, 0.4) is 0 Å². The maximum Gasteiger partial charge on any atom is 0.240 e. The molecular formula is C17H27N3O4. The normalized spacial score (nSPS) is 16.8. The Kier molecular flexibility index (Phi) is 6.42. The third-order valence-electron chi connectivity index (χ3n) is 4.28. The number of carbonyl (C=O) groups is 1. The number of likely N-dealkylation sites (N-methyl/N-ethyl adjacent to an activating group) is 1. The summed E-state index contributed by atoms with van der Waals surface area (Å²) in [6.45, 7) is 6.76. The number of nitrogens with one attached hydrogen (secondary N) is 1. The van der Waals surface area contributed by atoms with Crippen LogP contribution in [0.15, 0.2) is 18.2 Å². The fourth-order valence-electron chi connectivity index (χ4n) is 2.97. The van der Waals surface area contributed by atoms with Gasteiger partial charge in [0.1, 0.15) is 6.04 Å². The van der Waals surface area contributed by atoms with Crippen molar-refractivity contribution in [2.24, 2.45) is 5.73 Å². The van der Waals surface area contributed by atoms with Gasteiger partial charge in [0.15, 0.2) is 11.5 Å². The average Bonchev–Trinajstić information content (AvgIpc) is 3.02. The van der Waals surface area contributed by atoms with E-state index >= 15 is 0 Å². The Morgan fingerprint density at radius 2 is 2.08 bits per heavy atom. The van der Waals surface area contributed by atoms with Gasteiger partial charge in [0.2, 0.25) is 12.7 Å². The monoisotopic (exact) mass is 337 g/mol. The average molecular weight is 337 g/mol. The number of carbonyl (C=O) groups excluding carboxylic acids is 1. The van der Waals surface area contributed by atoms with Gasteiger partial charge in [-0.05, 0) is 44.5 Å². The van der Waals surface area contributed by atoms with Crippen LogP contribution in [0.5, 0.6) is 11.5 Å². The molecule has 0 radical (unpaired) electrons. The molecule has 0 spiro atoms. The van der Waals surface area contributed by atoms with Gasteiger partial charge in [-0.25, -0.2) is 0 Å². The van der Waals surface area contributed by atoms with Gasteiger partial charge in [0.25, 0.3) is 0 Å². The molecule has 0 aromatic heterocycles. The highest BCUT2D eigenvalue weighted by molar-refractivity contribution is 5.81. The number of aliphatic hydroxyl groups excluding tert-OH is 1. The molecule has 4 N–H and O–H groups in total. The minimum atomic E-state index is -0.893. The van der Waals surface area contributed by atoms with E-state index in [2.05, 4.69) is 17.1 Å². The van der Waals surface area contributed by atoms with Gasteiger partial charge in [-0.1, -0.05) is 13.0 Å². The summed E-state index contributed by atoms with van der Waals surface area (Å²) in [4.78, 5) is 14.0. The highest BCUT2D eigenvalue weighted by Gasteiger charge is 2.23. The number of fused-ring (bicyclic) bond motifs is 1. The molecule has 0 aliphatic carbocycles. The summed E-state index contributed by atoms with van der Waals surface area (Å²) in [6, 6.07) is 5.26. The van der Waals surface area contributed by atoms with Gasteiger partial charge in [0, 0.05) is 6.04 Å². The molecule has 1 aromatic rings. The van der Waals surface area contributed by atoms with Gasteiger partial charge >= 0.3 is 0 Å². The molecule has 1 aliphatic heterocycles. The van der Waals surface area contributed by atoms with E-state index in [1.54, 1.807) is 0 Å². The molecule has 1 amide bonds. The summed E-state index contributed by atoms with van der Waals surface area (Å²) < 4.78 is 10.7. The molecule has 1 heterocycles. The topological polar surface area (TPSA) is 97.1 Å². The van der Waals surface area contributed by atoms with E-state index in [0.717, 1.165) is 30.0 Å². The Hall–Kier alpha value is -1.83. The number of benzene rings is 1. The van der Waals surface area contributed by atoms with Crippen LogP contribution in [0.2, 0.25) is 0 Å². The van der Waals surface area contributed by atoms with Crippen LogP contribution < -0.4 is 20.5 Å². The lowest BCUT2D eigenvalue weighted by atomic mass is 10.0. The SMILES string of the molecule is CCN(C(C)Cc1ccc2c(c1)OCO2)C(C)NC(=O)C(N)CO. The number of rotatable bonds is 8. The molecule has 1 aromatic carbocycles. The van der Waals surface area contributed by atoms with Gasteiger partial charge in [0.05, 0.1) is 12.8 Å². The van der Waals surface area contributed by atoms with Crippen molar-refractivity contribution < 1.29 is 19.4 Å². The van der Waals surface area contributed by atoms with Crippen molar-refractivity contribution in [2.45, 2.75) is 45.4 Å². The molecule has 3 unspecified atom stereocenters. The molecule has 2 rings (SSSR count). The quantitative estimate of drug-likeness (QED) is 0.596. The Balaban J connectivity index is 1.97. The second kappa shape index (κ2) is 8.32. The second-order valence-corrected chi connectivity index (χ2v) is 6.04. The number of hydrogen-bond acceptors (Lipinski definition) is 6. The van der Waals surface area contributed by atoms with Crippen LogP contribution >= 0.6 is 0 Å². The van der Waals surface area contributed by atoms with Crippen molar-refractivity contribution >= 4 is 5.91 Å². The lowest BCUT2D eigenvalue weighted by Crippen LogP contribution is -2.54. The fourth-order valence-corrected chi connectivity index (χ4v) is 2.97. The summed E-state index contributed by atoms with van der Waals surface area (Å²) in [5.41, 5.74) is 6.70. The molecular weight excluding hydrogens is 310 g/mol. The summed E-state index contributed by atoms with van der Waals surface area (Å²) in [5.74, 6) is 1.20. The molecule has 0 bridgehead atoms. The van der Waals surface area contributed by atoms with Gasteiger partial charge in [-0.15, -0.1) is 0 Å². The minimum absolute atomic E-state index is 0.177. The number of aliphatic hydroxyl groups is 1. The number of nitrogens with zero attached hydrogens (tertiary/aromatic N) is 1. The van der Waals surface area contributed by atoms with Crippen LogP contribution in [0.1, 0.15) is 26.3 Å². The largest absolute Gasteiger partial charge is 0.454 e. The number of hydrogen-bond donors (Lipinski definition) is 3. The molecule has 1 aliphatic rings. The number of ether oxygens (including phenoxy) is 2. The van der Waals surface area contributed by atoms with Crippen molar-refractivity contribution in [3.05, 3.63) is 23.8 Å². The van der Waals surface area contributed by atoms with Gasteiger partial charge < -0.3 is 25.6 Å². The molecule has 134 valence electrons. The smallest absolute Gasteiger partial charge is 0.240 e. The lowest BCUT2D eigenvalue weighted by molar-refractivity contribution is -0.125. The van der Waals surface area contributed by atoms with Gasteiger partial charge in [-0.3, -0.25) is 9.69 Å². The van der Waals surface area contributed by atoms with Crippen molar-refractivity contribution in [3.63, 3.8) is 0 Å². The summed E-state index contributed by atoms with van der Waals surface area (Å²) >= 11 is 0. The van der Waals surface area contributed by atoms with E-state index in [1.165, 1.54) is 0 Å². The molecule has 3 atom stereocenters. The highest BCUT2D eigenvalue weighted by atomic mass is 16.7. The van der Waals surface area contributed by atoms with Crippen LogP contribution in [-0.4, -0.2) is 54.1 Å². The fraction of sp³-hybridized carbons (Fsp3) is 0.588. The number of nitrogens with two attached hydrogens (primary N) is 1. The van der Waals surface area contributed by atoms with Crippen molar-refractivity contribution in [1.29, 1.82) is 0 Å². The van der Waals surface area contributed by atoms with E-state index in [0.29, 0.717) is 0 Å². The lowest BCUT2D eigenvalue weighted by Gasteiger charge is -2.34. The number of amides is 1. The Bertz CT molecular complexity index is 567. The summed E-state index contributed by atoms with van der Waals surface area (Å²) in [7, 11) is 0. The zero-order valence-corrected chi connectivity index (χ0v) is 14.5. The highest BCUT2D eigenvalue weighted by Crippen LogP contribution is 2.33. The molecule has 7 nitrogen and oxygen atoms in total. The first kappa shape index (κ1) is 18.5. The Morgan fingerprint density at radius 1 is 1.38 bits per heavy atom. The van der Waals surface area contributed by atoms with E-state index < -0.39 is 6.04 Å². The Labute approximate surface area is 142 Å². The predicted octanol–water partition coefficient (Wildman–Crippen LogP) is 0.450. The molecule has 0 saturated carbocycles. The second-order valence-electron chi connectivity index (χ2n) is 6.04. The molecule has 0 fully saturated rings. The first-order valence-corrected chi connectivity index (χ1v) is 8.27. The van der Waals surface area contributed by atoms with E-state index in [4.69, 9.17) is 20.3 Å². The minimum Gasteiger partial charge on any atom is -0.454 e. The maximum absolute atomic E-state index is 11.9. The third kappa shape index (κ3) is 4.37.